The average Bonchev–Trinajstić information content (AvgIpc) is 2.12. The molecule has 0 atom stereocenters. The van der Waals surface area contributed by atoms with Crippen molar-refractivity contribution < 1.29 is 26.2 Å². The molecule has 0 aliphatic rings. The molecule has 64 valence electrons. The van der Waals surface area contributed by atoms with Crippen molar-refractivity contribution in [1.82, 2.24) is 0 Å². The molecule has 2 nitrogen and oxygen atoms in total. The third-order valence-corrected chi connectivity index (χ3v) is 0.602. The molecule has 0 saturated heterocycles. The van der Waals surface area contributed by atoms with Crippen LogP contribution in [0, 0.1) is 0 Å². The second-order valence-corrected chi connectivity index (χ2v) is 1.69. The van der Waals surface area contributed by atoms with Crippen LogP contribution in [0.4, 0.5) is 17.3 Å². The number of nitrogens with zero attached hydrogens (tertiary/aromatic N) is 1. The molecule has 0 aliphatic carbocycles. The lowest BCUT2D eigenvalue weighted by Gasteiger charge is -1.94. The Hall–Kier alpha value is -1.01. The van der Waals surface area contributed by atoms with Crippen LogP contribution in [-0.4, -0.2) is 7.25 Å². The van der Waals surface area contributed by atoms with Crippen LogP contribution in [-0.2, 0) is 7.05 Å². The lowest BCUT2D eigenvalue weighted by atomic mass is 10.3. The van der Waals surface area contributed by atoms with Crippen LogP contribution in [0.5, 0.6) is 0 Å². The van der Waals surface area contributed by atoms with Gasteiger partial charge in [0.1, 0.15) is 7.05 Å². The van der Waals surface area contributed by atoms with Crippen LogP contribution < -0.4 is 4.57 Å². The third-order valence-electron chi connectivity index (χ3n) is 0.602. The van der Waals surface area contributed by atoms with E-state index in [-0.39, 0.29) is 0 Å². The maximum Gasteiger partial charge on any atom is 0.673 e. The number of rotatable bonds is 0. The van der Waals surface area contributed by atoms with Gasteiger partial charge >= 0.3 is 13.6 Å². The maximum absolute atomic E-state index is 9.75. The summed E-state index contributed by atoms with van der Waals surface area (Å²) in [5.41, 5.74) is 0. The fraction of sp³-hybridized carbons (Fsp3) is 0.250. The Morgan fingerprint density at radius 3 is 1.82 bits per heavy atom. The quantitative estimate of drug-likeness (QED) is 0.327. The Balaban J connectivity index is 0.000000187. The summed E-state index contributed by atoms with van der Waals surface area (Å²) >= 11 is 0. The average molecular weight is 171 g/mol. The molecule has 0 aliphatic heterocycles. The molecule has 0 amide bonds. The highest BCUT2D eigenvalue weighted by Crippen LogP contribution is 2.06. The van der Waals surface area contributed by atoms with Gasteiger partial charge in [-0.05, 0) is 0 Å². The first-order chi connectivity index (χ1) is 4.89. The number of hydrogen-bond donors (Lipinski definition) is 0. The lowest BCUT2D eigenvalue weighted by Crippen LogP contribution is -2.22. The molecule has 1 aromatic heterocycles. The van der Waals surface area contributed by atoms with Gasteiger partial charge in [-0.3, -0.25) is 0 Å². The summed E-state index contributed by atoms with van der Waals surface area (Å²) < 4.78 is 45.5. The van der Waals surface area contributed by atoms with Crippen molar-refractivity contribution in [3.63, 3.8) is 0 Å². The first-order valence-corrected chi connectivity index (χ1v) is 2.64. The molecule has 1 rings (SSSR count). The zero-order valence-corrected chi connectivity index (χ0v) is 5.68. The highest BCUT2D eigenvalue weighted by molar-refractivity contribution is 6.50. The molecule has 1 heterocycles. The number of aromatic nitrogens is 1. The van der Waals surface area contributed by atoms with Crippen molar-refractivity contribution in [3.8, 4) is 0 Å². The molecular weight excluding hydrogens is 165 g/mol. The summed E-state index contributed by atoms with van der Waals surface area (Å²) in [5, 5.41) is 0. The predicted molar refractivity (Wildman–Crippen MR) is 30.1 cm³/mol. The van der Waals surface area contributed by atoms with Crippen molar-refractivity contribution in [2.24, 2.45) is 7.05 Å². The Labute approximate surface area is 60.5 Å². The van der Waals surface area contributed by atoms with E-state index >= 15 is 0 Å². The van der Waals surface area contributed by atoms with Gasteiger partial charge in [-0.15, -0.1) is 0 Å². The van der Waals surface area contributed by atoms with Crippen LogP contribution >= 0.6 is 0 Å². The monoisotopic (exact) mass is 171 g/mol. The Morgan fingerprint density at radius 2 is 1.73 bits per heavy atom. The lowest BCUT2D eigenvalue weighted by molar-refractivity contribution is -0.674. The number of oxazole rings is 1. The van der Waals surface area contributed by atoms with E-state index in [4.69, 9.17) is 0 Å². The molecule has 0 saturated carbocycles. The molecule has 0 radical (unpaired) electrons. The number of halogens is 4. The van der Waals surface area contributed by atoms with E-state index in [1.165, 1.54) is 0 Å². The fourth-order valence-corrected chi connectivity index (χ4v) is 0.297. The topological polar surface area (TPSA) is 17.0 Å². The zero-order valence-electron chi connectivity index (χ0n) is 5.68. The number of aryl methyl sites for hydroxylation is 1. The fourth-order valence-electron chi connectivity index (χ4n) is 0.297. The largest absolute Gasteiger partial charge is 0.673 e. The van der Waals surface area contributed by atoms with Gasteiger partial charge in [0.25, 0.3) is 0 Å². The van der Waals surface area contributed by atoms with Crippen LogP contribution in [0.2, 0.25) is 0 Å². The minimum absolute atomic E-state index is 1.62. The molecular formula is C4H6BF4NO. The summed E-state index contributed by atoms with van der Waals surface area (Å²) in [7, 11) is -4.09. The minimum atomic E-state index is -6.00. The summed E-state index contributed by atoms with van der Waals surface area (Å²) in [6.07, 6.45) is 5.08. The van der Waals surface area contributed by atoms with E-state index < -0.39 is 7.25 Å². The van der Waals surface area contributed by atoms with E-state index in [0.717, 1.165) is 0 Å². The second-order valence-electron chi connectivity index (χ2n) is 1.69. The molecule has 7 heteroatoms. The predicted octanol–water partition coefficient (Wildman–Crippen LogP) is 1.40. The summed E-state index contributed by atoms with van der Waals surface area (Å²) in [4.78, 5) is 0. The summed E-state index contributed by atoms with van der Waals surface area (Å²) in [5.74, 6) is 0. The van der Waals surface area contributed by atoms with Gasteiger partial charge in [0, 0.05) is 0 Å². The Bertz CT molecular complexity index is 178. The molecule has 1 aromatic rings. The minimum Gasteiger partial charge on any atom is -0.418 e. The first kappa shape index (κ1) is 9.99. The number of hydrogen-bond acceptors (Lipinski definition) is 1. The summed E-state index contributed by atoms with van der Waals surface area (Å²) in [6, 6.07) is 0. The van der Waals surface area contributed by atoms with Crippen molar-refractivity contribution in [2.45, 2.75) is 0 Å². The van der Waals surface area contributed by atoms with Gasteiger partial charge in [0.05, 0.1) is 0 Å². The molecule has 0 fully saturated rings. The Kier molecular flexibility index (Phi) is 3.63. The van der Waals surface area contributed by atoms with E-state index in [9.17, 15) is 17.3 Å². The smallest absolute Gasteiger partial charge is 0.418 e. The molecule has 0 bridgehead atoms. The van der Waals surface area contributed by atoms with Gasteiger partial charge in [-0.25, -0.2) is 0 Å². The van der Waals surface area contributed by atoms with Crippen LogP contribution in [0.3, 0.4) is 0 Å². The van der Waals surface area contributed by atoms with Crippen molar-refractivity contribution in [2.75, 3.05) is 0 Å². The maximum atomic E-state index is 9.75. The Morgan fingerprint density at radius 1 is 1.27 bits per heavy atom. The van der Waals surface area contributed by atoms with Gasteiger partial charge in [-0.2, -0.15) is 4.57 Å². The van der Waals surface area contributed by atoms with Gasteiger partial charge < -0.3 is 21.7 Å². The molecule has 11 heavy (non-hydrogen) atoms. The molecule has 0 unspecified atom stereocenters. The highest BCUT2D eigenvalue weighted by Gasteiger charge is 2.20. The van der Waals surface area contributed by atoms with E-state index in [0.29, 0.717) is 0 Å². The van der Waals surface area contributed by atoms with Crippen LogP contribution in [0.1, 0.15) is 0 Å². The third kappa shape index (κ3) is 12.2. The van der Waals surface area contributed by atoms with Crippen molar-refractivity contribution in [3.05, 3.63) is 18.9 Å². The standard InChI is InChI=1S/C4H6NO.BF4/c1-5-2-3-6-4-5;2-1(3,4)5/h2-4H,1H3;/q+1;-1. The van der Waals surface area contributed by atoms with E-state index in [1.54, 1.807) is 12.7 Å². The molecule has 0 N–H and O–H groups in total. The highest BCUT2D eigenvalue weighted by atomic mass is 19.5. The second kappa shape index (κ2) is 4.00. The van der Waals surface area contributed by atoms with E-state index in [1.807, 2.05) is 17.8 Å². The van der Waals surface area contributed by atoms with Crippen molar-refractivity contribution >= 4 is 7.25 Å². The first-order valence-electron chi connectivity index (χ1n) is 2.64. The normalized spacial score (nSPS) is 10.3. The summed E-state index contributed by atoms with van der Waals surface area (Å²) in [6.45, 7) is 0. The SMILES string of the molecule is C[n+]1ccoc1.F[B-](F)(F)F. The molecule has 0 aromatic carbocycles. The van der Waals surface area contributed by atoms with Crippen LogP contribution in [0.15, 0.2) is 23.3 Å². The molecule has 0 spiro atoms. The van der Waals surface area contributed by atoms with Gasteiger partial charge in [-0.1, -0.05) is 0 Å². The van der Waals surface area contributed by atoms with Gasteiger partial charge in [0.15, 0.2) is 6.26 Å². The zero-order chi connectivity index (χ0) is 8.91. The van der Waals surface area contributed by atoms with Crippen molar-refractivity contribution in [1.29, 1.82) is 0 Å². The van der Waals surface area contributed by atoms with E-state index in [2.05, 4.69) is 4.42 Å². The van der Waals surface area contributed by atoms with Crippen LogP contribution in [0.25, 0.3) is 0 Å². The van der Waals surface area contributed by atoms with Gasteiger partial charge in [0.2, 0.25) is 6.20 Å².